The molecule has 2 aromatic carbocycles. The lowest BCUT2D eigenvalue weighted by Crippen LogP contribution is -2.30. The lowest BCUT2D eigenvalue weighted by Gasteiger charge is -2.15. The van der Waals surface area contributed by atoms with Crippen molar-refractivity contribution >= 4 is 50.8 Å². The molecular weight excluding hydrogens is 427 g/mol. The van der Waals surface area contributed by atoms with Crippen LogP contribution in [0.5, 0.6) is 0 Å². The minimum Gasteiger partial charge on any atom is -0.449 e. The maximum atomic E-state index is 12.3. The molecule has 7 nitrogen and oxygen atoms in total. The molecule has 0 aliphatic rings. The van der Waals surface area contributed by atoms with Crippen molar-refractivity contribution in [1.29, 1.82) is 0 Å². The SMILES string of the molecule is CC(OC(=O)c1ccc(Cl)c(S(=O)(=O)N(C)C)c1)C(=O)Nc1ccc(Cl)cc1. The molecule has 0 aromatic heterocycles. The average molecular weight is 445 g/mol. The minimum atomic E-state index is -3.85. The molecule has 0 aliphatic heterocycles. The van der Waals surface area contributed by atoms with Crippen LogP contribution in [0.2, 0.25) is 10.0 Å². The third kappa shape index (κ3) is 5.23. The molecule has 0 radical (unpaired) electrons. The Morgan fingerprint density at radius 3 is 2.25 bits per heavy atom. The first kappa shape index (κ1) is 22.2. The highest BCUT2D eigenvalue weighted by atomic mass is 35.5. The van der Waals surface area contributed by atoms with E-state index >= 15 is 0 Å². The summed E-state index contributed by atoms with van der Waals surface area (Å²) < 4.78 is 30.7. The maximum Gasteiger partial charge on any atom is 0.338 e. The van der Waals surface area contributed by atoms with E-state index in [1.807, 2.05) is 0 Å². The van der Waals surface area contributed by atoms with E-state index in [4.69, 9.17) is 27.9 Å². The summed E-state index contributed by atoms with van der Waals surface area (Å²) in [4.78, 5) is 24.3. The quantitative estimate of drug-likeness (QED) is 0.688. The third-order valence-corrected chi connectivity index (χ3v) is 6.24. The van der Waals surface area contributed by atoms with Crippen molar-refractivity contribution in [2.45, 2.75) is 17.9 Å². The molecule has 150 valence electrons. The summed E-state index contributed by atoms with van der Waals surface area (Å²) in [6.07, 6.45) is -1.12. The molecule has 2 rings (SSSR count). The molecule has 28 heavy (non-hydrogen) atoms. The van der Waals surface area contributed by atoms with Crippen LogP contribution in [0.15, 0.2) is 47.4 Å². The van der Waals surface area contributed by atoms with E-state index in [2.05, 4.69) is 5.32 Å². The molecule has 0 saturated heterocycles. The van der Waals surface area contributed by atoms with E-state index in [1.165, 1.54) is 33.2 Å². The van der Waals surface area contributed by atoms with Crippen LogP contribution in [0, 0.1) is 0 Å². The minimum absolute atomic E-state index is 0.0289. The second-order valence-electron chi connectivity index (χ2n) is 5.98. The van der Waals surface area contributed by atoms with Gasteiger partial charge in [0.1, 0.15) is 4.90 Å². The third-order valence-electron chi connectivity index (χ3n) is 3.69. The summed E-state index contributed by atoms with van der Waals surface area (Å²) >= 11 is 11.7. The molecule has 1 N–H and O–H groups in total. The van der Waals surface area contributed by atoms with Crippen LogP contribution < -0.4 is 5.32 Å². The zero-order chi connectivity index (χ0) is 21.1. The molecule has 1 unspecified atom stereocenters. The van der Waals surface area contributed by atoms with Gasteiger partial charge in [-0.3, -0.25) is 4.79 Å². The Morgan fingerprint density at radius 2 is 1.68 bits per heavy atom. The number of carbonyl (C=O) groups excluding carboxylic acids is 2. The van der Waals surface area contributed by atoms with Crippen molar-refractivity contribution in [3.63, 3.8) is 0 Å². The van der Waals surface area contributed by atoms with Crippen molar-refractivity contribution < 1.29 is 22.7 Å². The predicted octanol–water partition coefficient (Wildman–Crippen LogP) is 3.43. The number of halogens is 2. The van der Waals surface area contributed by atoms with Crippen LogP contribution >= 0.6 is 23.2 Å². The van der Waals surface area contributed by atoms with Gasteiger partial charge >= 0.3 is 5.97 Å². The van der Waals surface area contributed by atoms with Crippen molar-refractivity contribution in [1.82, 2.24) is 4.31 Å². The highest BCUT2D eigenvalue weighted by Gasteiger charge is 2.24. The molecule has 0 saturated carbocycles. The van der Waals surface area contributed by atoms with Gasteiger partial charge in [-0.2, -0.15) is 0 Å². The summed E-state index contributed by atoms with van der Waals surface area (Å²) in [5.41, 5.74) is 0.444. The number of sulfonamides is 1. The molecule has 0 bridgehead atoms. The number of amides is 1. The first-order valence-corrected chi connectivity index (χ1v) is 10.2. The summed E-state index contributed by atoms with van der Waals surface area (Å²) in [5.74, 6) is -1.41. The van der Waals surface area contributed by atoms with E-state index in [1.54, 1.807) is 24.3 Å². The number of hydrogen-bond donors (Lipinski definition) is 1. The first-order chi connectivity index (χ1) is 13.0. The number of nitrogens with one attached hydrogen (secondary N) is 1. The number of nitrogens with zero attached hydrogens (tertiary/aromatic N) is 1. The van der Waals surface area contributed by atoms with Gasteiger partial charge in [0, 0.05) is 24.8 Å². The number of benzene rings is 2. The van der Waals surface area contributed by atoms with Crippen LogP contribution in [0.3, 0.4) is 0 Å². The molecule has 1 atom stereocenters. The van der Waals surface area contributed by atoms with Gasteiger partial charge in [0.25, 0.3) is 5.91 Å². The lowest BCUT2D eigenvalue weighted by atomic mass is 10.2. The summed E-state index contributed by atoms with van der Waals surface area (Å²) in [6.45, 7) is 1.40. The van der Waals surface area contributed by atoms with Gasteiger partial charge in [-0.15, -0.1) is 0 Å². The number of esters is 1. The highest BCUT2D eigenvalue weighted by Crippen LogP contribution is 2.25. The van der Waals surface area contributed by atoms with E-state index in [0.29, 0.717) is 10.7 Å². The van der Waals surface area contributed by atoms with Gasteiger partial charge in [0.15, 0.2) is 6.10 Å². The maximum absolute atomic E-state index is 12.3. The normalized spacial score (nSPS) is 12.5. The Bertz CT molecular complexity index is 992. The predicted molar refractivity (Wildman–Crippen MR) is 107 cm³/mol. The van der Waals surface area contributed by atoms with Crippen LogP contribution in [0.25, 0.3) is 0 Å². The van der Waals surface area contributed by atoms with Crippen molar-refractivity contribution in [2.75, 3.05) is 19.4 Å². The molecule has 0 fully saturated rings. The second kappa shape index (κ2) is 8.91. The average Bonchev–Trinajstić information content (AvgIpc) is 2.63. The summed E-state index contributed by atoms with van der Waals surface area (Å²) in [5, 5.41) is 3.08. The molecule has 10 heteroatoms. The lowest BCUT2D eigenvalue weighted by molar-refractivity contribution is -0.123. The Hall–Kier alpha value is -2.13. The fourth-order valence-electron chi connectivity index (χ4n) is 2.08. The van der Waals surface area contributed by atoms with Gasteiger partial charge in [0.05, 0.1) is 10.6 Å². The Morgan fingerprint density at radius 1 is 1.07 bits per heavy atom. The fraction of sp³-hybridized carbons (Fsp3) is 0.222. The van der Waals surface area contributed by atoms with E-state index in [9.17, 15) is 18.0 Å². The Labute approximate surface area is 173 Å². The van der Waals surface area contributed by atoms with Gasteiger partial charge in [-0.25, -0.2) is 17.5 Å². The van der Waals surface area contributed by atoms with Crippen molar-refractivity contribution in [2.24, 2.45) is 0 Å². The molecule has 0 aliphatic carbocycles. The second-order valence-corrected chi connectivity index (χ2v) is 8.94. The summed E-state index contributed by atoms with van der Waals surface area (Å²) in [6, 6.07) is 10.1. The molecule has 1 amide bonds. The fourth-order valence-corrected chi connectivity index (χ4v) is 3.60. The first-order valence-electron chi connectivity index (χ1n) is 8.02. The van der Waals surface area contributed by atoms with Crippen molar-refractivity contribution in [3.8, 4) is 0 Å². The van der Waals surface area contributed by atoms with Crippen LogP contribution in [-0.2, 0) is 19.6 Å². The Kier molecular flexibility index (Phi) is 7.06. The van der Waals surface area contributed by atoms with Gasteiger partial charge in [-0.05, 0) is 49.4 Å². The van der Waals surface area contributed by atoms with Gasteiger partial charge in [-0.1, -0.05) is 23.2 Å². The number of carbonyl (C=O) groups is 2. The Balaban J connectivity index is 2.13. The number of ether oxygens (including phenoxy) is 1. The molecule has 2 aromatic rings. The summed E-state index contributed by atoms with van der Waals surface area (Å²) in [7, 11) is -1.15. The number of hydrogen-bond acceptors (Lipinski definition) is 5. The van der Waals surface area contributed by atoms with E-state index in [-0.39, 0.29) is 15.5 Å². The standard InChI is InChI=1S/C18H18Cl2N2O5S/c1-11(17(23)21-14-7-5-13(19)6-8-14)27-18(24)12-4-9-15(20)16(10-12)28(25,26)22(2)3/h4-11H,1-3H3,(H,21,23). The van der Waals surface area contributed by atoms with Crippen LogP contribution in [0.1, 0.15) is 17.3 Å². The molecule has 0 spiro atoms. The molecular formula is C18H18Cl2N2O5S. The monoisotopic (exact) mass is 444 g/mol. The van der Waals surface area contributed by atoms with Crippen LogP contribution in [-0.4, -0.2) is 44.8 Å². The molecule has 0 heterocycles. The van der Waals surface area contributed by atoms with Crippen LogP contribution in [0.4, 0.5) is 5.69 Å². The number of anilines is 1. The van der Waals surface area contributed by atoms with E-state index in [0.717, 1.165) is 10.4 Å². The zero-order valence-electron chi connectivity index (χ0n) is 15.3. The zero-order valence-corrected chi connectivity index (χ0v) is 17.6. The van der Waals surface area contributed by atoms with E-state index < -0.39 is 28.0 Å². The topological polar surface area (TPSA) is 92.8 Å². The van der Waals surface area contributed by atoms with Gasteiger partial charge in [0.2, 0.25) is 10.0 Å². The largest absolute Gasteiger partial charge is 0.449 e. The smallest absolute Gasteiger partial charge is 0.338 e. The number of rotatable bonds is 6. The highest BCUT2D eigenvalue weighted by molar-refractivity contribution is 7.89. The van der Waals surface area contributed by atoms with Gasteiger partial charge < -0.3 is 10.1 Å². The van der Waals surface area contributed by atoms with Crippen molar-refractivity contribution in [3.05, 3.63) is 58.1 Å².